The average Bonchev–Trinajstić information content (AvgIpc) is 3.30. The van der Waals surface area contributed by atoms with Crippen molar-refractivity contribution in [1.82, 2.24) is 19.6 Å². The maximum absolute atomic E-state index is 13.7. The van der Waals surface area contributed by atoms with Crippen LogP contribution in [-0.4, -0.2) is 96.4 Å². The number of amides is 1. The van der Waals surface area contributed by atoms with Gasteiger partial charge in [0.2, 0.25) is 5.91 Å². The van der Waals surface area contributed by atoms with Crippen LogP contribution in [0.4, 0.5) is 8.78 Å². The Kier molecular flexibility index (Phi) is 10.7. The molecular formula is C30H38F2N4O6. The molecule has 0 saturated carbocycles. The molecule has 1 saturated heterocycles. The number of hydrogen-bond acceptors (Lipinski definition) is 8. The van der Waals surface area contributed by atoms with E-state index in [1.807, 2.05) is 47.1 Å². The number of halogens is 2. The Morgan fingerprint density at radius 3 is 2.60 bits per heavy atom. The molecular weight excluding hydrogens is 550 g/mol. The molecule has 0 bridgehead atoms. The summed E-state index contributed by atoms with van der Waals surface area (Å²) < 4.78 is 51.2. The standard InChI is InChI=1S/C30H38F2N4O6/c1-22-15-33-36(16-22)9-4-12-41-28-13-23(5-8-27(28)40-3)17-34-10-11-35(29(37)18-39-2)20-30(38,19-34)21-42-24-6-7-25(31)26(32)14-24/h5-8,13-16,38H,4,9-12,17-21H2,1-3H3. The predicted molar refractivity (Wildman–Crippen MR) is 151 cm³/mol. The zero-order valence-electron chi connectivity index (χ0n) is 24.2. The Bertz CT molecular complexity index is 1340. The quantitative estimate of drug-likeness (QED) is 0.305. The number of carbonyl (C=O) groups is 1. The first-order chi connectivity index (χ1) is 20.2. The fourth-order valence-electron chi connectivity index (χ4n) is 4.87. The Balaban J connectivity index is 1.44. The van der Waals surface area contributed by atoms with E-state index in [2.05, 4.69) is 5.10 Å². The number of hydrogen-bond donors (Lipinski definition) is 1. The number of aliphatic hydroxyl groups is 1. The van der Waals surface area contributed by atoms with Crippen LogP contribution in [0.3, 0.4) is 0 Å². The van der Waals surface area contributed by atoms with Crippen molar-refractivity contribution < 1.29 is 37.6 Å². The van der Waals surface area contributed by atoms with Gasteiger partial charge in [-0.05, 0) is 42.3 Å². The molecule has 1 atom stereocenters. The van der Waals surface area contributed by atoms with Crippen LogP contribution in [0.5, 0.6) is 17.2 Å². The van der Waals surface area contributed by atoms with E-state index in [0.717, 1.165) is 36.2 Å². The molecule has 3 aromatic rings. The molecule has 1 unspecified atom stereocenters. The second-order valence-electron chi connectivity index (χ2n) is 10.5. The molecule has 1 aromatic heterocycles. The number of aryl methyl sites for hydroxylation is 2. The minimum absolute atomic E-state index is 0.0118. The maximum Gasteiger partial charge on any atom is 0.248 e. The van der Waals surface area contributed by atoms with Crippen LogP contribution in [0.2, 0.25) is 0 Å². The highest BCUT2D eigenvalue weighted by Gasteiger charge is 2.37. The van der Waals surface area contributed by atoms with E-state index >= 15 is 0 Å². The van der Waals surface area contributed by atoms with Gasteiger partial charge in [0, 0.05) is 58.5 Å². The molecule has 4 rings (SSSR count). The lowest BCUT2D eigenvalue weighted by atomic mass is 10.0. The Labute approximate surface area is 244 Å². The third-order valence-electron chi connectivity index (χ3n) is 6.89. The maximum atomic E-state index is 13.7. The van der Waals surface area contributed by atoms with Crippen molar-refractivity contribution >= 4 is 5.91 Å². The highest BCUT2D eigenvalue weighted by molar-refractivity contribution is 5.77. The molecule has 0 spiro atoms. The summed E-state index contributed by atoms with van der Waals surface area (Å²) in [7, 11) is 3.02. The predicted octanol–water partition coefficient (Wildman–Crippen LogP) is 3.05. The van der Waals surface area contributed by atoms with Gasteiger partial charge in [-0.2, -0.15) is 5.10 Å². The number of rotatable bonds is 13. The van der Waals surface area contributed by atoms with Gasteiger partial charge in [0.05, 0.1) is 26.5 Å². The largest absolute Gasteiger partial charge is 0.493 e. The van der Waals surface area contributed by atoms with Crippen molar-refractivity contribution in [3.8, 4) is 17.2 Å². The lowest BCUT2D eigenvalue weighted by Gasteiger charge is -2.33. The molecule has 1 aliphatic rings. The summed E-state index contributed by atoms with van der Waals surface area (Å²) >= 11 is 0. The van der Waals surface area contributed by atoms with Gasteiger partial charge in [-0.3, -0.25) is 14.4 Å². The first-order valence-corrected chi connectivity index (χ1v) is 13.8. The van der Waals surface area contributed by atoms with Gasteiger partial charge in [0.15, 0.2) is 23.1 Å². The second kappa shape index (κ2) is 14.4. The molecule has 1 N–H and O–H groups in total. The van der Waals surface area contributed by atoms with Crippen LogP contribution >= 0.6 is 0 Å². The fraction of sp³-hybridized carbons (Fsp3) is 0.467. The van der Waals surface area contributed by atoms with Gasteiger partial charge in [-0.25, -0.2) is 8.78 Å². The lowest BCUT2D eigenvalue weighted by molar-refractivity contribution is -0.138. The molecule has 42 heavy (non-hydrogen) atoms. The average molecular weight is 589 g/mol. The molecule has 0 aliphatic carbocycles. The SMILES string of the molecule is COCC(=O)N1CCN(Cc2ccc(OC)c(OCCCn3cc(C)cn3)c2)CC(O)(COc2ccc(F)c(F)c2)C1. The summed E-state index contributed by atoms with van der Waals surface area (Å²) in [6.45, 7) is 4.28. The molecule has 1 fully saturated rings. The molecule has 2 aromatic carbocycles. The van der Waals surface area contributed by atoms with Crippen molar-refractivity contribution in [1.29, 1.82) is 0 Å². The Morgan fingerprint density at radius 2 is 1.88 bits per heavy atom. The smallest absolute Gasteiger partial charge is 0.248 e. The summed E-state index contributed by atoms with van der Waals surface area (Å²) in [5, 5.41) is 15.9. The van der Waals surface area contributed by atoms with E-state index in [-0.39, 0.29) is 38.0 Å². The van der Waals surface area contributed by atoms with Gasteiger partial charge in [0.1, 0.15) is 24.6 Å². The molecule has 0 radical (unpaired) electrons. The van der Waals surface area contributed by atoms with Crippen LogP contribution in [-0.2, 0) is 22.6 Å². The fourth-order valence-corrected chi connectivity index (χ4v) is 4.87. The van der Waals surface area contributed by atoms with E-state index in [1.54, 1.807) is 7.11 Å². The zero-order chi connectivity index (χ0) is 30.1. The Morgan fingerprint density at radius 1 is 1.05 bits per heavy atom. The summed E-state index contributed by atoms with van der Waals surface area (Å²) in [6, 6.07) is 8.85. The third-order valence-corrected chi connectivity index (χ3v) is 6.89. The van der Waals surface area contributed by atoms with Crippen molar-refractivity contribution in [2.24, 2.45) is 0 Å². The van der Waals surface area contributed by atoms with Crippen molar-refractivity contribution in [3.63, 3.8) is 0 Å². The third kappa shape index (κ3) is 8.63. The van der Waals surface area contributed by atoms with Gasteiger partial charge in [-0.15, -0.1) is 0 Å². The summed E-state index contributed by atoms with van der Waals surface area (Å²) in [6.07, 6.45) is 4.56. The van der Waals surface area contributed by atoms with Crippen molar-refractivity contribution in [2.75, 3.05) is 60.2 Å². The summed E-state index contributed by atoms with van der Waals surface area (Å²) in [5.74, 6) is -1.02. The van der Waals surface area contributed by atoms with E-state index < -0.39 is 17.2 Å². The van der Waals surface area contributed by atoms with Crippen molar-refractivity contribution in [3.05, 3.63) is 71.6 Å². The first kappa shape index (κ1) is 31.2. The molecule has 12 heteroatoms. The van der Waals surface area contributed by atoms with Crippen LogP contribution in [0, 0.1) is 18.6 Å². The monoisotopic (exact) mass is 588 g/mol. The van der Waals surface area contributed by atoms with Crippen LogP contribution in [0.15, 0.2) is 48.8 Å². The van der Waals surface area contributed by atoms with Gasteiger partial charge < -0.3 is 29.0 Å². The van der Waals surface area contributed by atoms with E-state index in [9.17, 15) is 18.7 Å². The highest BCUT2D eigenvalue weighted by Crippen LogP contribution is 2.29. The van der Waals surface area contributed by atoms with Gasteiger partial charge in [-0.1, -0.05) is 6.07 Å². The first-order valence-electron chi connectivity index (χ1n) is 13.8. The number of benzene rings is 2. The lowest BCUT2D eigenvalue weighted by Crippen LogP contribution is -2.52. The number of ether oxygens (including phenoxy) is 4. The van der Waals surface area contributed by atoms with Crippen molar-refractivity contribution in [2.45, 2.75) is 32.0 Å². The molecule has 1 amide bonds. The minimum Gasteiger partial charge on any atom is -0.493 e. The van der Waals surface area contributed by atoms with E-state index in [4.69, 9.17) is 18.9 Å². The van der Waals surface area contributed by atoms with Crippen LogP contribution < -0.4 is 14.2 Å². The molecule has 228 valence electrons. The van der Waals surface area contributed by atoms with E-state index in [1.165, 1.54) is 18.1 Å². The number of nitrogens with zero attached hydrogens (tertiary/aromatic N) is 4. The van der Waals surface area contributed by atoms with E-state index in [0.29, 0.717) is 37.7 Å². The number of carbonyl (C=O) groups excluding carboxylic acids is 1. The van der Waals surface area contributed by atoms with Crippen LogP contribution in [0.25, 0.3) is 0 Å². The second-order valence-corrected chi connectivity index (χ2v) is 10.5. The molecule has 10 nitrogen and oxygen atoms in total. The normalized spacial score (nSPS) is 17.6. The van der Waals surface area contributed by atoms with Gasteiger partial charge in [0.25, 0.3) is 0 Å². The summed E-state index contributed by atoms with van der Waals surface area (Å²) in [5.41, 5.74) is 0.531. The topological polar surface area (TPSA) is 98.5 Å². The number of aromatic nitrogens is 2. The van der Waals surface area contributed by atoms with Gasteiger partial charge >= 0.3 is 0 Å². The summed E-state index contributed by atoms with van der Waals surface area (Å²) in [4.78, 5) is 16.2. The molecule has 2 heterocycles. The van der Waals surface area contributed by atoms with Crippen LogP contribution in [0.1, 0.15) is 17.5 Å². The number of methoxy groups -OCH3 is 2. The molecule has 1 aliphatic heterocycles. The number of β-amino-alcohol motifs (C(OH)–C–C–N with tert-alkyl or cyclic N) is 1. The zero-order valence-corrected chi connectivity index (χ0v) is 24.2. The highest BCUT2D eigenvalue weighted by atomic mass is 19.2. The minimum atomic E-state index is -1.50. The Hall–Kier alpha value is -3.74.